The summed E-state index contributed by atoms with van der Waals surface area (Å²) < 4.78 is 22.7. The molecule has 1 aromatic heterocycles. The largest absolute Gasteiger partial charge is 0.357 e. The van der Waals surface area contributed by atoms with Crippen LogP contribution >= 0.6 is 11.3 Å². The predicted octanol–water partition coefficient (Wildman–Crippen LogP) is 2.31. The van der Waals surface area contributed by atoms with Gasteiger partial charge in [-0.25, -0.2) is 8.42 Å². The highest BCUT2D eigenvalue weighted by atomic mass is 32.2. The average Bonchev–Trinajstić information content (AvgIpc) is 2.93. The monoisotopic (exact) mass is 359 g/mol. The standard InChI is InChI=1S/C16H29N3O2S2/c1-6-17-15(19-12-16(3,4)23(5,20)21)18-11-13(2)10-14-8-7-9-22-14/h7-9,13H,6,10-12H2,1-5H3,(H2,17,18,19). The van der Waals surface area contributed by atoms with Gasteiger partial charge in [0.25, 0.3) is 0 Å². The van der Waals surface area contributed by atoms with Gasteiger partial charge in [-0.3, -0.25) is 4.99 Å². The van der Waals surface area contributed by atoms with Crippen molar-refractivity contribution in [2.75, 3.05) is 25.9 Å². The first kappa shape index (κ1) is 20.0. The van der Waals surface area contributed by atoms with Gasteiger partial charge in [-0.05, 0) is 44.6 Å². The van der Waals surface area contributed by atoms with Gasteiger partial charge in [0, 0.05) is 24.2 Å². The van der Waals surface area contributed by atoms with Crippen LogP contribution in [0.3, 0.4) is 0 Å². The van der Waals surface area contributed by atoms with Crippen LogP contribution in [0.5, 0.6) is 0 Å². The zero-order valence-corrected chi connectivity index (χ0v) is 16.4. The first-order chi connectivity index (χ1) is 10.7. The van der Waals surface area contributed by atoms with Gasteiger partial charge < -0.3 is 10.6 Å². The summed E-state index contributed by atoms with van der Waals surface area (Å²) in [6.07, 6.45) is 2.28. The van der Waals surface area contributed by atoms with Crippen molar-refractivity contribution in [1.29, 1.82) is 0 Å². The molecule has 0 aliphatic heterocycles. The Morgan fingerprint density at radius 3 is 2.61 bits per heavy atom. The van der Waals surface area contributed by atoms with Gasteiger partial charge in [0.05, 0.1) is 11.3 Å². The highest BCUT2D eigenvalue weighted by molar-refractivity contribution is 7.92. The third-order valence-corrected chi connectivity index (χ3v) is 6.75. The van der Waals surface area contributed by atoms with Crippen molar-refractivity contribution in [3.63, 3.8) is 0 Å². The number of hydrogen-bond acceptors (Lipinski definition) is 4. The molecule has 132 valence electrons. The molecule has 1 rings (SSSR count). The molecule has 0 spiro atoms. The second-order valence-corrected chi connectivity index (χ2v) is 10.2. The van der Waals surface area contributed by atoms with Crippen LogP contribution in [0, 0.1) is 5.92 Å². The lowest BCUT2D eigenvalue weighted by Crippen LogP contribution is -2.42. The Bertz CT molecular complexity index is 593. The maximum absolute atomic E-state index is 11.8. The fourth-order valence-corrected chi connectivity index (χ4v) is 3.01. The van der Waals surface area contributed by atoms with Crippen molar-refractivity contribution in [1.82, 2.24) is 10.6 Å². The van der Waals surface area contributed by atoms with E-state index in [1.54, 1.807) is 25.2 Å². The second kappa shape index (κ2) is 8.68. The number of hydrogen-bond donors (Lipinski definition) is 2. The lowest BCUT2D eigenvalue weighted by molar-refractivity contribution is 0.549. The molecule has 0 saturated heterocycles. The number of nitrogens with zero attached hydrogens (tertiary/aromatic N) is 1. The Morgan fingerprint density at radius 1 is 1.39 bits per heavy atom. The zero-order valence-electron chi connectivity index (χ0n) is 14.7. The number of thiophene rings is 1. The number of sulfone groups is 1. The highest BCUT2D eigenvalue weighted by Gasteiger charge is 2.29. The summed E-state index contributed by atoms with van der Waals surface area (Å²) in [7, 11) is -3.14. The van der Waals surface area contributed by atoms with Crippen molar-refractivity contribution < 1.29 is 8.42 Å². The first-order valence-electron chi connectivity index (χ1n) is 7.90. The molecular weight excluding hydrogens is 330 g/mol. The average molecular weight is 360 g/mol. The van der Waals surface area contributed by atoms with Crippen molar-refractivity contribution in [2.24, 2.45) is 10.9 Å². The molecule has 0 fully saturated rings. The van der Waals surface area contributed by atoms with Crippen molar-refractivity contribution in [3.8, 4) is 0 Å². The lowest BCUT2D eigenvalue weighted by atomic mass is 10.1. The molecule has 0 aromatic carbocycles. The SMILES string of the molecule is CCNC(=NCC(C)(C)S(C)(=O)=O)NCC(C)Cc1cccs1. The van der Waals surface area contributed by atoms with Gasteiger partial charge in [-0.1, -0.05) is 13.0 Å². The van der Waals surface area contributed by atoms with E-state index in [-0.39, 0.29) is 6.54 Å². The summed E-state index contributed by atoms with van der Waals surface area (Å²) in [5, 5.41) is 8.56. The third-order valence-electron chi connectivity index (χ3n) is 3.71. The van der Waals surface area contributed by atoms with Gasteiger partial charge in [-0.15, -0.1) is 11.3 Å². The third kappa shape index (κ3) is 6.91. The molecule has 1 atom stereocenters. The maximum atomic E-state index is 11.8. The molecule has 0 aliphatic carbocycles. The Morgan fingerprint density at radius 2 is 2.09 bits per heavy atom. The molecule has 1 unspecified atom stereocenters. The molecule has 23 heavy (non-hydrogen) atoms. The Balaban J connectivity index is 2.58. The highest BCUT2D eigenvalue weighted by Crippen LogP contribution is 2.15. The van der Waals surface area contributed by atoms with Gasteiger partial charge in [0.15, 0.2) is 15.8 Å². The van der Waals surface area contributed by atoms with E-state index in [9.17, 15) is 8.42 Å². The molecule has 0 radical (unpaired) electrons. The van der Waals surface area contributed by atoms with Crippen molar-refractivity contribution in [2.45, 2.75) is 38.9 Å². The minimum Gasteiger partial charge on any atom is -0.357 e. The topological polar surface area (TPSA) is 70.6 Å². The second-order valence-electron chi connectivity index (χ2n) is 6.50. The summed E-state index contributed by atoms with van der Waals surface area (Å²) in [5.41, 5.74) is 0. The van der Waals surface area contributed by atoms with Crippen LogP contribution in [0.15, 0.2) is 22.5 Å². The Kier molecular flexibility index (Phi) is 7.54. The van der Waals surface area contributed by atoms with Gasteiger partial charge in [0.1, 0.15) is 0 Å². The predicted molar refractivity (Wildman–Crippen MR) is 100 cm³/mol. The van der Waals surface area contributed by atoms with Crippen LogP contribution in [-0.4, -0.2) is 45.0 Å². The lowest BCUT2D eigenvalue weighted by Gasteiger charge is -2.21. The summed E-state index contributed by atoms with van der Waals surface area (Å²) >= 11 is 1.77. The summed E-state index contributed by atoms with van der Waals surface area (Å²) in [4.78, 5) is 5.81. The van der Waals surface area contributed by atoms with Crippen LogP contribution in [0.4, 0.5) is 0 Å². The molecule has 7 heteroatoms. The Labute approximate surface area is 144 Å². The van der Waals surface area contributed by atoms with Crippen LogP contribution in [0.1, 0.15) is 32.6 Å². The van der Waals surface area contributed by atoms with E-state index in [0.717, 1.165) is 19.5 Å². The van der Waals surface area contributed by atoms with Crippen molar-refractivity contribution in [3.05, 3.63) is 22.4 Å². The normalized spacial score (nSPS) is 14.6. The molecule has 0 aliphatic rings. The molecular formula is C16H29N3O2S2. The maximum Gasteiger partial charge on any atom is 0.191 e. The van der Waals surface area contributed by atoms with E-state index in [1.807, 2.05) is 6.92 Å². The number of rotatable bonds is 8. The molecule has 1 aromatic rings. The van der Waals surface area contributed by atoms with E-state index < -0.39 is 14.6 Å². The van der Waals surface area contributed by atoms with E-state index in [2.05, 4.69) is 40.1 Å². The van der Waals surface area contributed by atoms with Crippen LogP contribution in [0.25, 0.3) is 0 Å². The fourth-order valence-electron chi connectivity index (χ4n) is 1.84. The Hall–Kier alpha value is -1.08. The number of aliphatic imine (C=N–C) groups is 1. The summed E-state index contributed by atoms with van der Waals surface area (Å²) in [5.74, 6) is 1.14. The van der Waals surface area contributed by atoms with E-state index in [1.165, 1.54) is 11.1 Å². The molecule has 0 amide bonds. The molecule has 5 nitrogen and oxygen atoms in total. The molecule has 2 N–H and O–H groups in total. The first-order valence-corrected chi connectivity index (χ1v) is 10.7. The smallest absolute Gasteiger partial charge is 0.191 e. The van der Waals surface area contributed by atoms with Gasteiger partial charge in [0.2, 0.25) is 0 Å². The molecule has 0 saturated carbocycles. The number of guanidine groups is 1. The molecule has 0 bridgehead atoms. The van der Waals surface area contributed by atoms with Crippen molar-refractivity contribution >= 4 is 27.1 Å². The van der Waals surface area contributed by atoms with Gasteiger partial charge >= 0.3 is 0 Å². The minimum atomic E-state index is -3.14. The van der Waals surface area contributed by atoms with Crippen LogP contribution < -0.4 is 10.6 Å². The van der Waals surface area contributed by atoms with E-state index in [0.29, 0.717) is 11.9 Å². The van der Waals surface area contributed by atoms with E-state index in [4.69, 9.17) is 0 Å². The minimum absolute atomic E-state index is 0.237. The van der Waals surface area contributed by atoms with E-state index >= 15 is 0 Å². The number of nitrogens with one attached hydrogen (secondary N) is 2. The quantitative estimate of drug-likeness (QED) is 0.552. The summed E-state index contributed by atoms with van der Waals surface area (Å²) in [6, 6.07) is 4.22. The van der Waals surface area contributed by atoms with Crippen LogP contribution in [-0.2, 0) is 16.3 Å². The summed E-state index contributed by atoms with van der Waals surface area (Å²) in [6.45, 7) is 9.36. The van der Waals surface area contributed by atoms with Crippen LogP contribution in [0.2, 0.25) is 0 Å². The van der Waals surface area contributed by atoms with Gasteiger partial charge in [-0.2, -0.15) is 0 Å². The zero-order chi connectivity index (χ0) is 17.5. The fraction of sp³-hybridized carbons (Fsp3) is 0.688. The molecule has 1 heterocycles.